The number of nitrogens with zero attached hydrogens (tertiary/aromatic N) is 4. The van der Waals surface area contributed by atoms with E-state index in [1.54, 1.807) is 18.2 Å². The molecule has 1 unspecified atom stereocenters. The summed E-state index contributed by atoms with van der Waals surface area (Å²) in [5.74, 6) is -0.913. The molecule has 3 heterocycles. The van der Waals surface area contributed by atoms with Gasteiger partial charge < -0.3 is 14.9 Å². The molecule has 136 valence electrons. The molecular weight excluding hydrogens is 349 g/mol. The van der Waals surface area contributed by atoms with Gasteiger partial charge in [0.15, 0.2) is 5.82 Å². The lowest BCUT2D eigenvalue weighted by Crippen LogP contribution is -2.33. The van der Waals surface area contributed by atoms with Gasteiger partial charge >= 0.3 is 6.18 Å². The summed E-state index contributed by atoms with van der Waals surface area (Å²) < 4.78 is 40.4. The third-order valence-corrected chi connectivity index (χ3v) is 4.58. The van der Waals surface area contributed by atoms with Crippen LogP contribution in [0.2, 0.25) is 0 Å². The number of amides is 1. The highest BCUT2D eigenvalue weighted by Crippen LogP contribution is 2.34. The largest absolute Gasteiger partial charge is 0.393 e. The Hall–Kier alpha value is -2.91. The monoisotopic (exact) mass is 364 g/mol. The summed E-state index contributed by atoms with van der Waals surface area (Å²) in [6.07, 6.45) is -2.48. The van der Waals surface area contributed by atoms with Crippen LogP contribution in [0.4, 0.5) is 13.2 Å². The number of aromatic nitrogens is 5. The number of rotatable bonds is 3. The summed E-state index contributed by atoms with van der Waals surface area (Å²) in [6, 6.07) is 5.02. The zero-order valence-corrected chi connectivity index (χ0v) is 13.5. The number of carbonyl (C=O) groups excluding carboxylic acids is 1. The summed E-state index contributed by atoms with van der Waals surface area (Å²) in [4.78, 5) is 19.3. The number of halogens is 3. The van der Waals surface area contributed by atoms with Gasteiger partial charge in [-0.1, -0.05) is 0 Å². The third kappa shape index (κ3) is 3.02. The molecule has 26 heavy (non-hydrogen) atoms. The predicted octanol–water partition coefficient (Wildman–Crippen LogP) is 2.21. The van der Waals surface area contributed by atoms with E-state index in [4.69, 9.17) is 0 Å². The van der Waals surface area contributed by atoms with Gasteiger partial charge in [-0.05, 0) is 24.6 Å². The molecular formula is C16H15F3N6O. The van der Waals surface area contributed by atoms with Crippen molar-refractivity contribution in [3.8, 4) is 0 Å². The molecule has 1 aromatic carbocycles. The van der Waals surface area contributed by atoms with Crippen LogP contribution in [0.5, 0.6) is 0 Å². The molecule has 10 heteroatoms. The van der Waals surface area contributed by atoms with Crippen LogP contribution >= 0.6 is 0 Å². The van der Waals surface area contributed by atoms with Crippen LogP contribution in [0.3, 0.4) is 0 Å². The van der Waals surface area contributed by atoms with Crippen molar-refractivity contribution in [2.24, 2.45) is 5.92 Å². The molecule has 3 aromatic rings. The number of imidazole rings is 1. The van der Waals surface area contributed by atoms with Crippen molar-refractivity contribution in [1.82, 2.24) is 30.0 Å². The molecule has 0 bridgehead atoms. The van der Waals surface area contributed by atoms with Gasteiger partial charge in [0.1, 0.15) is 5.82 Å². The Morgan fingerprint density at radius 1 is 1.35 bits per heavy atom. The smallest absolute Gasteiger partial charge is 0.345 e. The van der Waals surface area contributed by atoms with E-state index < -0.39 is 12.1 Å². The maximum Gasteiger partial charge on any atom is 0.393 e. The van der Waals surface area contributed by atoms with Crippen LogP contribution in [-0.2, 0) is 19.5 Å². The highest BCUT2D eigenvalue weighted by Gasteiger charge is 2.42. The van der Waals surface area contributed by atoms with Crippen LogP contribution in [0.25, 0.3) is 11.0 Å². The maximum atomic E-state index is 13.0. The summed E-state index contributed by atoms with van der Waals surface area (Å²) in [7, 11) is 0. The molecule has 0 aliphatic carbocycles. The molecule has 1 atom stereocenters. The number of nitrogens with one attached hydrogen (secondary N) is 2. The number of carbonyl (C=O) groups is 1. The van der Waals surface area contributed by atoms with Gasteiger partial charge in [0.2, 0.25) is 0 Å². The lowest BCUT2D eigenvalue weighted by Gasteiger charge is -2.26. The molecule has 2 N–H and O–H groups in total. The van der Waals surface area contributed by atoms with E-state index in [-0.39, 0.29) is 31.8 Å². The van der Waals surface area contributed by atoms with E-state index in [0.29, 0.717) is 17.2 Å². The van der Waals surface area contributed by atoms with E-state index in [1.165, 1.54) is 10.9 Å². The van der Waals surface area contributed by atoms with E-state index in [1.807, 2.05) is 0 Å². The second kappa shape index (κ2) is 6.11. The number of hydrogen-bond donors (Lipinski definition) is 2. The first-order chi connectivity index (χ1) is 12.4. The van der Waals surface area contributed by atoms with Crippen LogP contribution in [-0.4, -0.2) is 36.8 Å². The molecule has 1 aliphatic heterocycles. The van der Waals surface area contributed by atoms with Crippen molar-refractivity contribution < 1.29 is 18.0 Å². The molecule has 1 aliphatic rings. The minimum absolute atomic E-state index is 0.0113. The van der Waals surface area contributed by atoms with Gasteiger partial charge in [0, 0.05) is 18.5 Å². The fraction of sp³-hybridized carbons (Fsp3) is 0.375. The number of aromatic amines is 1. The highest BCUT2D eigenvalue weighted by atomic mass is 19.4. The molecule has 0 fully saturated rings. The summed E-state index contributed by atoms with van der Waals surface area (Å²) >= 11 is 0. The summed E-state index contributed by atoms with van der Waals surface area (Å²) in [5, 5.41) is 10.6. The van der Waals surface area contributed by atoms with Gasteiger partial charge in [-0.15, -0.1) is 10.2 Å². The molecule has 2 aromatic heterocycles. The number of H-pyrrole nitrogens is 1. The molecule has 4 rings (SSSR count). The Labute approximate surface area is 145 Å². The SMILES string of the molecule is O=C(NCc1nnc2n1CC(C(F)(F)F)CC2)c1ccc2nc[nH]c2c1. The number of aryl methyl sites for hydroxylation is 1. The Kier molecular flexibility index (Phi) is 3.89. The van der Waals surface area contributed by atoms with Crippen molar-refractivity contribution in [2.75, 3.05) is 0 Å². The zero-order valence-electron chi connectivity index (χ0n) is 13.5. The minimum atomic E-state index is -4.25. The van der Waals surface area contributed by atoms with Crippen molar-refractivity contribution in [2.45, 2.75) is 32.1 Å². The molecule has 1 amide bonds. The summed E-state index contributed by atoms with van der Waals surface area (Å²) in [5.41, 5.74) is 1.89. The Morgan fingerprint density at radius 3 is 3.00 bits per heavy atom. The first-order valence-electron chi connectivity index (χ1n) is 8.11. The lowest BCUT2D eigenvalue weighted by atomic mass is 9.99. The average molecular weight is 364 g/mol. The Morgan fingerprint density at radius 2 is 2.19 bits per heavy atom. The fourth-order valence-electron chi connectivity index (χ4n) is 3.12. The van der Waals surface area contributed by atoms with Crippen molar-refractivity contribution >= 4 is 16.9 Å². The molecule has 0 spiro atoms. The van der Waals surface area contributed by atoms with E-state index >= 15 is 0 Å². The van der Waals surface area contributed by atoms with Crippen LogP contribution in [0, 0.1) is 5.92 Å². The second-order valence-electron chi connectivity index (χ2n) is 6.24. The van der Waals surface area contributed by atoms with Crippen molar-refractivity contribution in [3.05, 3.63) is 41.7 Å². The Balaban J connectivity index is 1.47. The number of fused-ring (bicyclic) bond motifs is 2. The minimum Gasteiger partial charge on any atom is -0.345 e. The van der Waals surface area contributed by atoms with Gasteiger partial charge in [0.25, 0.3) is 5.91 Å². The molecule has 0 saturated heterocycles. The molecule has 7 nitrogen and oxygen atoms in total. The lowest BCUT2D eigenvalue weighted by molar-refractivity contribution is -0.182. The van der Waals surface area contributed by atoms with Gasteiger partial charge in [0.05, 0.1) is 29.8 Å². The average Bonchev–Trinajstić information content (AvgIpc) is 3.24. The third-order valence-electron chi connectivity index (χ3n) is 4.58. The van der Waals surface area contributed by atoms with Crippen LogP contribution in [0.1, 0.15) is 28.4 Å². The van der Waals surface area contributed by atoms with E-state index in [9.17, 15) is 18.0 Å². The first-order valence-corrected chi connectivity index (χ1v) is 8.11. The Bertz CT molecular complexity index is 960. The van der Waals surface area contributed by atoms with Gasteiger partial charge in [-0.25, -0.2) is 4.98 Å². The molecule has 0 saturated carbocycles. The second-order valence-corrected chi connectivity index (χ2v) is 6.24. The van der Waals surface area contributed by atoms with Crippen LogP contribution < -0.4 is 5.32 Å². The van der Waals surface area contributed by atoms with Crippen molar-refractivity contribution in [1.29, 1.82) is 0 Å². The number of hydrogen-bond acceptors (Lipinski definition) is 4. The topological polar surface area (TPSA) is 88.5 Å². The fourth-order valence-corrected chi connectivity index (χ4v) is 3.12. The number of benzene rings is 1. The number of alkyl halides is 3. The van der Waals surface area contributed by atoms with E-state index in [2.05, 4.69) is 25.5 Å². The summed E-state index contributed by atoms with van der Waals surface area (Å²) in [6.45, 7) is -0.200. The first kappa shape index (κ1) is 16.6. The van der Waals surface area contributed by atoms with Gasteiger partial charge in [-0.3, -0.25) is 4.79 Å². The van der Waals surface area contributed by atoms with Crippen molar-refractivity contribution in [3.63, 3.8) is 0 Å². The maximum absolute atomic E-state index is 13.0. The predicted molar refractivity (Wildman–Crippen MR) is 85.2 cm³/mol. The molecule has 0 radical (unpaired) electrons. The van der Waals surface area contributed by atoms with Gasteiger partial charge in [-0.2, -0.15) is 13.2 Å². The quantitative estimate of drug-likeness (QED) is 0.746. The normalized spacial score (nSPS) is 17.3. The standard InChI is InChI=1S/C16H15F3N6O/c17-16(18,19)10-2-4-13-23-24-14(25(13)7-10)6-20-15(26)9-1-3-11-12(5-9)22-8-21-11/h1,3,5,8,10H,2,4,6-7H2,(H,20,26)(H,21,22). The van der Waals surface area contributed by atoms with E-state index in [0.717, 1.165) is 11.0 Å². The van der Waals surface area contributed by atoms with Crippen LogP contribution in [0.15, 0.2) is 24.5 Å². The zero-order chi connectivity index (χ0) is 18.3. The highest BCUT2D eigenvalue weighted by molar-refractivity contribution is 5.97.